The van der Waals surface area contributed by atoms with Crippen LogP contribution in [0.4, 0.5) is 0 Å². The van der Waals surface area contributed by atoms with Crippen LogP contribution >= 0.6 is 0 Å². The smallest absolute Gasteiger partial charge is 0.291 e. The molecule has 0 bridgehead atoms. The first kappa shape index (κ1) is 22.0. The van der Waals surface area contributed by atoms with E-state index in [2.05, 4.69) is 17.2 Å². The lowest BCUT2D eigenvalue weighted by molar-refractivity contribution is 0.0954. The van der Waals surface area contributed by atoms with Crippen LogP contribution in [0.25, 0.3) is 0 Å². The van der Waals surface area contributed by atoms with Gasteiger partial charge < -0.3 is 14.2 Å². The zero-order valence-electron chi connectivity index (χ0n) is 16.3. The first-order chi connectivity index (χ1) is 12.7. The van der Waals surface area contributed by atoms with E-state index in [4.69, 9.17) is 14.2 Å². The third-order valence-corrected chi connectivity index (χ3v) is 3.87. The van der Waals surface area contributed by atoms with Gasteiger partial charge in [-0.05, 0) is 30.7 Å². The van der Waals surface area contributed by atoms with Crippen molar-refractivity contribution in [2.45, 2.75) is 45.4 Å². The lowest BCUT2D eigenvalue weighted by Crippen LogP contribution is -2.33. The Kier molecular flexibility index (Phi) is 11.9. The average molecular weight is 364 g/mol. The van der Waals surface area contributed by atoms with E-state index in [9.17, 15) is 4.79 Å². The Labute approximate surface area is 156 Å². The van der Waals surface area contributed by atoms with Crippen molar-refractivity contribution in [2.24, 2.45) is 4.99 Å². The van der Waals surface area contributed by atoms with Crippen LogP contribution in [0.1, 0.15) is 55.8 Å². The van der Waals surface area contributed by atoms with Crippen molar-refractivity contribution in [1.82, 2.24) is 5.32 Å². The Morgan fingerprint density at radius 2 is 1.69 bits per heavy atom. The molecule has 1 rings (SSSR count). The highest BCUT2D eigenvalue weighted by Crippen LogP contribution is 2.11. The maximum atomic E-state index is 12.4. The van der Waals surface area contributed by atoms with Crippen molar-refractivity contribution in [3.05, 3.63) is 29.8 Å². The number of carbonyl (C=O) groups excluding carboxylic acids is 1. The van der Waals surface area contributed by atoms with Crippen LogP contribution in [-0.4, -0.2) is 45.9 Å². The van der Waals surface area contributed by atoms with Crippen LogP contribution < -0.4 is 10.1 Å². The molecule has 1 aromatic rings. The summed E-state index contributed by atoms with van der Waals surface area (Å²) in [7, 11) is 3.19. The number of methoxy groups -OCH3 is 2. The summed E-state index contributed by atoms with van der Waals surface area (Å²) in [6, 6.07) is 7.14. The van der Waals surface area contributed by atoms with Gasteiger partial charge in [-0.25, -0.2) is 4.99 Å². The number of benzene rings is 1. The van der Waals surface area contributed by atoms with E-state index in [0.717, 1.165) is 12.8 Å². The van der Waals surface area contributed by atoms with Gasteiger partial charge in [0.1, 0.15) is 12.4 Å². The summed E-state index contributed by atoms with van der Waals surface area (Å²) in [6.07, 6.45) is 7.15. The number of aliphatic imine (C=N–C) groups is 1. The van der Waals surface area contributed by atoms with Crippen LogP contribution in [0.5, 0.6) is 5.75 Å². The standard InChI is InChI=1S/C20H32N2O4/c1-4-5-6-7-8-9-14-21-20(26-16-15-24-2)22-19(23)17-10-12-18(25-3)13-11-17/h10-13H,4-9,14-16H2,1-3H3,(H,21,22,23). The molecule has 26 heavy (non-hydrogen) atoms. The first-order valence-corrected chi connectivity index (χ1v) is 9.32. The number of rotatable bonds is 12. The fraction of sp³-hybridized carbons (Fsp3) is 0.600. The molecule has 6 nitrogen and oxygen atoms in total. The van der Waals surface area contributed by atoms with Crippen molar-refractivity contribution in [3.63, 3.8) is 0 Å². The van der Waals surface area contributed by atoms with Gasteiger partial charge in [0.05, 0.1) is 13.7 Å². The molecule has 1 aromatic carbocycles. The van der Waals surface area contributed by atoms with Crippen molar-refractivity contribution < 1.29 is 19.0 Å². The molecule has 0 radical (unpaired) electrons. The Bertz CT molecular complexity index is 529. The van der Waals surface area contributed by atoms with E-state index in [1.54, 1.807) is 38.5 Å². The summed E-state index contributed by atoms with van der Waals surface area (Å²) >= 11 is 0. The monoisotopic (exact) mass is 364 g/mol. The maximum Gasteiger partial charge on any atom is 0.291 e. The van der Waals surface area contributed by atoms with E-state index >= 15 is 0 Å². The van der Waals surface area contributed by atoms with E-state index in [-0.39, 0.29) is 11.9 Å². The van der Waals surface area contributed by atoms with Crippen LogP contribution in [0.2, 0.25) is 0 Å². The van der Waals surface area contributed by atoms with Crippen molar-refractivity contribution in [3.8, 4) is 5.75 Å². The zero-order valence-corrected chi connectivity index (χ0v) is 16.3. The van der Waals surface area contributed by atoms with Crippen molar-refractivity contribution >= 4 is 11.9 Å². The molecule has 0 atom stereocenters. The molecule has 0 aliphatic carbocycles. The Balaban J connectivity index is 2.51. The Morgan fingerprint density at radius 3 is 2.35 bits per heavy atom. The SMILES string of the molecule is CCCCCCCCN=C(NC(=O)c1ccc(OC)cc1)OCCOC. The third-order valence-electron chi connectivity index (χ3n) is 3.87. The summed E-state index contributed by atoms with van der Waals surface area (Å²) < 4.78 is 15.6. The summed E-state index contributed by atoms with van der Waals surface area (Å²) in [4.78, 5) is 16.7. The van der Waals surface area contributed by atoms with Gasteiger partial charge in [-0.2, -0.15) is 0 Å². The number of hydrogen-bond donors (Lipinski definition) is 1. The van der Waals surface area contributed by atoms with Gasteiger partial charge in [0.25, 0.3) is 11.9 Å². The molecule has 0 saturated heterocycles. The van der Waals surface area contributed by atoms with Gasteiger partial charge in [0.2, 0.25) is 0 Å². The second-order valence-electron chi connectivity index (χ2n) is 5.98. The lowest BCUT2D eigenvalue weighted by atomic mass is 10.1. The van der Waals surface area contributed by atoms with Gasteiger partial charge in [-0.3, -0.25) is 10.1 Å². The summed E-state index contributed by atoms with van der Waals surface area (Å²) in [5, 5.41) is 2.73. The predicted molar refractivity (Wildman–Crippen MR) is 104 cm³/mol. The zero-order chi connectivity index (χ0) is 19.0. The van der Waals surface area contributed by atoms with E-state index < -0.39 is 0 Å². The average Bonchev–Trinajstić information content (AvgIpc) is 2.67. The minimum atomic E-state index is -0.258. The quantitative estimate of drug-likeness (QED) is 0.348. The van der Waals surface area contributed by atoms with E-state index in [0.29, 0.717) is 31.1 Å². The van der Waals surface area contributed by atoms with Gasteiger partial charge in [0.15, 0.2) is 0 Å². The minimum Gasteiger partial charge on any atom is -0.497 e. The van der Waals surface area contributed by atoms with Crippen molar-refractivity contribution in [1.29, 1.82) is 0 Å². The first-order valence-electron chi connectivity index (χ1n) is 9.32. The Morgan fingerprint density at radius 1 is 1.00 bits per heavy atom. The van der Waals surface area contributed by atoms with Gasteiger partial charge >= 0.3 is 0 Å². The van der Waals surface area contributed by atoms with E-state index in [1.807, 2.05) is 0 Å². The second kappa shape index (κ2) is 14.1. The highest BCUT2D eigenvalue weighted by atomic mass is 16.5. The molecular weight excluding hydrogens is 332 g/mol. The number of nitrogens with one attached hydrogen (secondary N) is 1. The molecule has 146 valence electrons. The van der Waals surface area contributed by atoms with Crippen LogP contribution in [0.15, 0.2) is 29.3 Å². The largest absolute Gasteiger partial charge is 0.497 e. The molecule has 0 aliphatic rings. The van der Waals surface area contributed by atoms with Crippen LogP contribution in [-0.2, 0) is 9.47 Å². The van der Waals surface area contributed by atoms with Crippen LogP contribution in [0, 0.1) is 0 Å². The molecule has 0 aromatic heterocycles. The predicted octanol–water partition coefficient (Wildman–Crippen LogP) is 3.80. The summed E-state index contributed by atoms with van der Waals surface area (Å²) in [5.74, 6) is 0.446. The fourth-order valence-corrected chi connectivity index (χ4v) is 2.33. The summed E-state index contributed by atoms with van der Waals surface area (Å²) in [6.45, 7) is 3.62. The highest BCUT2D eigenvalue weighted by Gasteiger charge is 2.10. The molecule has 6 heteroatoms. The van der Waals surface area contributed by atoms with Gasteiger partial charge in [0, 0.05) is 19.2 Å². The number of unbranched alkanes of at least 4 members (excludes halogenated alkanes) is 5. The fourth-order valence-electron chi connectivity index (χ4n) is 2.33. The molecule has 0 saturated carbocycles. The Hall–Kier alpha value is -2.08. The molecule has 0 unspecified atom stereocenters. The third kappa shape index (κ3) is 9.42. The molecule has 0 spiro atoms. The number of amides is 1. The minimum absolute atomic E-state index is 0.247. The maximum absolute atomic E-state index is 12.4. The molecular formula is C20H32N2O4. The molecule has 0 fully saturated rings. The molecule has 1 amide bonds. The lowest BCUT2D eigenvalue weighted by Gasteiger charge is -2.11. The number of carbonyl (C=O) groups is 1. The molecule has 0 aliphatic heterocycles. The van der Waals surface area contributed by atoms with Gasteiger partial charge in [-0.15, -0.1) is 0 Å². The summed E-state index contributed by atoms with van der Waals surface area (Å²) in [5.41, 5.74) is 0.522. The van der Waals surface area contributed by atoms with Gasteiger partial charge in [-0.1, -0.05) is 39.0 Å². The second-order valence-corrected chi connectivity index (χ2v) is 5.98. The number of nitrogens with zero attached hydrogens (tertiary/aromatic N) is 1. The normalized spacial score (nSPS) is 11.3. The number of hydrogen-bond acceptors (Lipinski definition) is 5. The number of ether oxygens (including phenoxy) is 3. The topological polar surface area (TPSA) is 69.2 Å². The number of amidine groups is 1. The highest BCUT2D eigenvalue weighted by molar-refractivity contribution is 6.04. The van der Waals surface area contributed by atoms with Crippen LogP contribution in [0.3, 0.4) is 0 Å². The molecule has 0 heterocycles. The van der Waals surface area contributed by atoms with Crippen molar-refractivity contribution in [2.75, 3.05) is 34.0 Å². The molecule has 1 N–H and O–H groups in total. The van der Waals surface area contributed by atoms with E-state index in [1.165, 1.54) is 25.7 Å².